The van der Waals surface area contributed by atoms with E-state index in [0.717, 1.165) is 22.6 Å². The fourth-order valence-corrected chi connectivity index (χ4v) is 1.96. The molecule has 1 aromatic heterocycles. The molecule has 1 aromatic carbocycles. The number of aryl methyl sites for hydroxylation is 2. The van der Waals surface area contributed by atoms with E-state index in [2.05, 4.69) is 10.5 Å². The second-order valence-electron chi connectivity index (χ2n) is 4.80. The lowest BCUT2D eigenvalue weighted by atomic mass is 10.1. The van der Waals surface area contributed by atoms with Crippen molar-refractivity contribution in [2.45, 2.75) is 26.5 Å². The van der Waals surface area contributed by atoms with Gasteiger partial charge in [0.05, 0.1) is 12.7 Å². The van der Waals surface area contributed by atoms with Gasteiger partial charge in [0.2, 0.25) is 0 Å². The molecule has 0 aliphatic heterocycles. The van der Waals surface area contributed by atoms with Crippen molar-refractivity contribution in [3.05, 3.63) is 47.3 Å². The van der Waals surface area contributed by atoms with E-state index in [4.69, 9.17) is 9.26 Å². The summed E-state index contributed by atoms with van der Waals surface area (Å²) in [6.07, 6.45) is 1.02. The highest BCUT2D eigenvalue weighted by Gasteiger charge is 2.08. The summed E-state index contributed by atoms with van der Waals surface area (Å²) in [4.78, 5) is 0. The number of nitrogens with one attached hydrogen (secondary N) is 1. The molecule has 0 spiro atoms. The number of aliphatic hydroxyl groups is 1. The first-order chi connectivity index (χ1) is 9.66. The van der Waals surface area contributed by atoms with Crippen LogP contribution < -0.4 is 10.1 Å². The first kappa shape index (κ1) is 14.6. The third-order valence-electron chi connectivity index (χ3n) is 3.00. The molecule has 0 radical (unpaired) electrons. The molecule has 0 saturated carbocycles. The van der Waals surface area contributed by atoms with Gasteiger partial charge >= 0.3 is 0 Å². The number of nitrogens with zero attached hydrogens (tertiary/aromatic N) is 1. The predicted molar refractivity (Wildman–Crippen MR) is 75.6 cm³/mol. The van der Waals surface area contributed by atoms with E-state index in [1.807, 2.05) is 32.0 Å². The predicted octanol–water partition coefficient (Wildman–Crippen LogP) is 1.82. The number of aromatic nitrogens is 1. The normalized spacial score (nSPS) is 12.3. The zero-order valence-electron chi connectivity index (χ0n) is 11.8. The second kappa shape index (κ2) is 7.07. The Morgan fingerprint density at radius 1 is 1.30 bits per heavy atom. The molecule has 1 unspecified atom stereocenters. The van der Waals surface area contributed by atoms with Crippen LogP contribution in [0, 0.1) is 13.8 Å². The van der Waals surface area contributed by atoms with Crippen LogP contribution in [0.15, 0.2) is 35.0 Å². The lowest BCUT2D eigenvalue weighted by molar-refractivity contribution is 0.105. The van der Waals surface area contributed by atoms with Gasteiger partial charge in [0.1, 0.15) is 24.2 Å². The molecule has 2 rings (SSSR count). The average molecular weight is 276 g/mol. The lowest BCUT2D eigenvalue weighted by Crippen LogP contribution is -2.31. The summed E-state index contributed by atoms with van der Waals surface area (Å²) in [5.74, 6) is 1.59. The van der Waals surface area contributed by atoms with Crippen LogP contribution in [0.3, 0.4) is 0 Å². The summed E-state index contributed by atoms with van der Waals surface area (Å²) in [5.41, 5.74) is 2.15. The largest absolute Gasteiger partial charge is 0.490 e. The SMILES string of the molecule is Cc1cccc(C)c1OCC(O)CNCc1ccno1. The van der Waals surface area contributed by atoms with E-state index in [9.17, 15) is 5.11 Å². The van der Waals surface area contributed by atoms with Gasteiger partial charge in [0.15, 0.2) is 0 Å². The summed E-state index contributed by atoms with van der Waals surface area (Å²) < 4.78 is 10.6. The molecule has 1 heterocycles. The molecule has 1 atom stereocenters. The molecule has 20 heavy (non-hydrogen) atoms. The molecular weight excluding hydrogens is 256 g/mol. The molecule has 5 nitrogen and oxygen atoms in total. The molecule has 108 valence electrons. The summed E-state index contributed by atoms with van der Waals surface area (Å²) >= 11 is 0. The Balaban J connectivity index is 1.73. The van der Waals surface area contributed by atoms with Crippen LogP contribution in [0.2, 0.25) is 0 Å². The van der Waals surface area contributed by atoms with E-state index in [1.165, 1.54) is 0 Å². The van der Waals surface area contributed by atoms with Crippen molar-refractivity contribution < 1.29 is 14.4 Å². The van der Waals surface area contributed by atoms with Gasteiger partial charge < -0.3 is 19.7 Å². The third-order valence-corrected chi connectivity index (χ3v) is 3.00. The van der Waals surface area contributed by atoms with Crippen molar-refractivity contribution in [3.63, 3.8) is 0 Å². The highest BCUT2D eigenvalue weighted by molar-refractivity contribution is 5.39. The third kappa shape index (κ3) is 4.08. The van der Waals surface area contributed by atoms with Crippen molar-refractivity contribution >= 4 is 0 Å². The lowest BCUT2D eigenvalue weighted by Gasteiger charge is -2.15. The van der Waals surface area contributed by atoms with E-state index in [0.29, 0.717) is 13.1 Å². The first-order valence-corrected chi connectivity index (χ1v) is 6.64. The molecule has 0 fully saturated rings. The molecule has 5 heteroatoms. The minimum Gasteiger partial charge on any atom is -0.490 e. The van der Waals surface area contributed by atoms with Gasteiger partial charge in [-0.05, 0) is 25.0 Å². The maximum absolute atomic E-state index is 9.89. The minimum absolute atomic E-state index is 0.259. The molecule has 0 bridgehead atoms. The van der Waals surface area contributed by atoms with Crippen LogP contribution in [0.4, 0.5) is 0 Å². The molecular formula is C15H20N2O3. The highest BCUT2D eigenvalue weighted by Crippen LogP contribution is 2.22. The van der Waals surface area contributed by atoms with Crippen molar-refractivity contribution in [2.24, 2.45) is 0 Å². The maximum atomic E-state index is 9.89. The average Bonchev–Trinajstić information content (AvgIpc) is 2.91. The van der Waals surface area contributed by atoms with Crippen molar-refractivity contribution in [1.29, 1.82) is 0 Å². The van der Waals surface area contributed by atoms with Crippen LogP contribution in [0.5, 0.6) is 5.75 Å². The van der Waals surface area contributed by atoms with Crippen LogP contribution in [0.25, 0.3) is 0 Å². The standard InChI is InChI=1S/C15H20N2O3/c1-11-4-3-5-12(2)15(11)19-10-13(18)8-16-9-14-6-7-17-20-14/h3-7,13,16,18H,8-10H2,1-2H3. The number of aliphatic hydroxyl groups excluding tert-OH is 1. The molecule has 2 aromatic rings. The number of benzene rings is 1. The van der Waals surface area contributed by atoms with Crippen LogP contribution >= 0.6 is 0 Å². The first-order valence-electron chi connectivity index (χ1n) is 6.64. The molecule has 0 saturated heterocycles. The second-order valence-corrected chi connectivity index (χ2v) is 4.80. The Bertz CT molecular complexity index is 506. The summed E-state index contributed by atoms with van der Waals surface area (Å²) in [6, 6.07) is 7.77. The Labute approximate surface area is 118 Å². The zero-order chi connectivity index (χ0) is 14.4. The van der Waals surface area contributed by atoms with E-state index in [1.54, 1.807) is 12.3 Å². The Kier molecular flexibility index (Phi) is 5.15. The zero-order valence-corrected chi connectivity index (χ0v) is 11.8. The van der Waals surface area contributed by atoms with Gasteiger partial charge in [-0.15, -0.1) is 0 Å². The molecule has 0 amide bonds. The topological polar surface area (TPSA) is 67.5 Å². The summed E-state index contributed by atoms with van der Waals surface area (Å²) in [7, 11) is 0. The van der Waals surface area contributed by atoms with Crippen LogP contribution in [-0.4, -0.2) is 29.5 Å². The van der Waals surface area contributed by atoms with Gasteiger partial charge in [0.25, 0.3) is 0 Å². The molecule has 0 aliphatic carbocycles. The quantitative estimate of drug-likeness (QED) is 0.807. The van der Waals surface area contributed by atoms with Crippen molar-refractivity contribution in [1.82, 2.24) is 10.5 Å². The van der Waals surface area contributed by atoms with E-state index < -0.39 is 6.10 Å². The minimum atomic E-state index is -0.572. The van der Waals surface area contributed by atoms with Gasteiger partial charge in [-0.25, -0.2) is 0 Å². The summed E-state index contributed by atoms with van der Waals surface area (Å²) in [5, 5.41) is 16.6. The van der Waals surface area contributed by atoms with Crippen LogP contribution in [0.1, 0.15) is 16.9 Å². The molecule has 0 aliphatic rings. The Morgan fingerprint density at radius 3 is 2.70 bits per heavy atom. The maximum Gasteiger partial charge on any atom is 0.150 e. The fraction of sp³-hybridized carbons (Fsp3) is 0.400. The Morgan fingerprint density at radius 2 is 2.05 bits per heavy atom. The molecule has 2 N–H and O–H groups in total. The number of hydrogen-bond donors (Lipinski definition) is 2. The van der Waals surface area contributed by atoms with Crippen molar-refractivity contribution in [3.8, 4) is 5.75 Å². The number of hydrogen-bond acceptors (Lipinski definition) is 5. The summed E-state index contributed by atoms with van der Waals surface area (Å²) in [6.45, 7) is 5.23. The van der Waals surface area contributed by atoms with Crippen LogP contribution in [-0.2, 0) is 6.54 Å². The fourth-order valence-electron chi connectivity index (χ4n) is 1.96. The smallest absolute Gasteiger partial charge is 0.150 e. The Hall–Kier alpha value is -1.85. The highest BCUT2D eigenvalue weighted by atomic mass is 16.5. The van der Waals surface area contributed by atoms with Gasteiger partial charge in [-0.2, -0.15) is 0 Å². The van der Waals surface area contributed by atoms with Gasteiger partial charge in [-0.1, -0.05) is 23.4 Å². The number of ether oxygens (including phenoxy) is 1. The van der Waals surface area contributed by atoms with Gasteiger partial charge in [0, 0.05) is 12.6 Å². The monoisotopic (exact) mass is 276 g/mol. The van der Waals surface area contributed by atoms with Gasteiger partial charge in [-0.3, -0.25) is 0 Å². The van der Waals surface area contributed by atoms with E-state index in [-0.39, 0.29) is 6.61 Å². The number of rotatable bonds is 7. The van der Waals surface area contributed by atoms with E-state index >= 15 is 0 Å². The van der Waals surface area contributed by atoms with Crippen molar-refractivity contribution in [2.75, 3.05) is 13.2 Å². The number of para-hydroxylation sites is 1.